The minimum Gasteiger partial charge on any atom is -0.466 e. The van der Waals surface area contributed by atoms with Crippen LogP contribution in [-0.4, -0.2) is 67.9 Å². The van der Waals surface area contributed by atoms with Gasteiger partial charge in [0.15, 0.2) is 6.29 Å². The highest BCUT2D eigenvalue weighted by Crippen LogP contribution is 2.12. The van der Waals surface area contributed by atoms with Crippen LogP contribution < -0.4 is 0 Å². The molecule has 0 aromatic carbocycles. The molecule has 0 amide bonds. The van der Waals surface area contributed by atoms with Crippen molar-refractivity contribution in [1.29, 1.82) is 0 Å². The Morgan fingerprint density at radius 2 is 1.06 bits per heavy atom. The lowest BCUT2D eigenvalue weighted by Gasteiger charge is -2.18. The predicted octanol–water partition coefficient (Wildman–Crippen LogP) is 8.63. The third kappa shape index (κ3) is 31.0. The van der Waals surface area contributed by atoms with E-state index in [0.717, 1.165) is 64.2 Å². The molecular weight excluding hydrogens is 616 g/mol. The van der Waals surface area contributed by atoms with Gasteiger partial charge in [-0.1, -0.05) is 52.0 Å². The smallest absolute Gasteiger partial charge is 0.342 e. The summed E-state index contributed by atoms with van der Waals surface area (Å²) in [6, 6.07) is 0. The van der Waals surface area contributed by atoms with Crippen LogP contribution >= 0.6 is 0 Å². The van der Waals surface area contributed by atoms with Gasteiger partial charge in [-0.15, -0.1) is 0 Å². The molecule has 0 rings (SSSR count). The van der Waals surface area contributed by atoms with Crippen molar-refractivity contribution in [3.63, 3.8) is 0 Å². The Kier molecular flexibility index (Phi) is 33.0. The summed E-state index contributed by atoms with van der Waals surface area (Å²) in [5.74, 6) is -1.05. The summed E-state index contributed by atoms with van der Waals surface area (Å²) in [5.41, 5.74) is 0. The summed E-state index contributed by atoms with van der Waals surface area (Å²) in [6.07, 6.45) is 21.6. The van der Waals surface area contributed by atoms with Gasteiger partial charge in [0.05, 0.1) is 25.7 Å². The van der Waals surface area contributed by atoms with Crippen molar-refractivity contribution in [2.45, 2.75) is 175 Å². The van der Waals surface area contributed by atoms with E-state index in [1.54, 1.807) is 0 Å². The van der Waals surface area contributed by atoms with Crippen LogP contribution in [0.15, 0.2) is 24.3 Å². The van der Waals surface area contributed by atoms with Crippen LogP contribution in [0.25, 0.3) is 0 Å². The molecule has 0 aliphatic rings. The topological polar surface area (TPSA) is 127 Å². The van der Waals surface area contributed by atoms with E-state index in [4.69, 9.17) is 28.7 Å². The van der Waals surface area contributed by atoms with Gasteiger partial charge in [0, 0.05) is 32.5 Å². The molecule has 0 aromatic heterocycles. The molecular formula is C38H68O10. The first-order valence-corrected chi connectivity index (χ1v) is 18.7. The quantitative estimate of drug-likeness (QED) is 0.0176. The van der Waals surface area contributed by atoms with Crippen LogP contribution in [0.1, 0.15) is 156 Å². The molecule has 0 heterocycles. The zero-order chi connectivity index (χ0) is 35.5. The summed E-state index contributed by atoms with van der Waals surface area (Å²) in [4.78, 5) is 45.8. The van der Waals surface area contributed by atoms with Gasteiger partial charge in [-0.25, -0.2) is 4.79 Å². The largest absolute Gasteiger partial charge is 0.466 e. The lowest BCUT2D eigenvalue weighted by molar-refractivity contribution is -0.298. The molecule has 1 unspecified atom stereocenters. The molecule has 0 bridgehead atoms. The molecule has 0 saturated carbocycles. The van der Waals surface area contributed by atoms with E-state index in [2.05, 4.69) is 38.2 Å². The highest BCUT2D eigenvalue weighted by atomic mass is 17.2. The Morgan fingerprint density at radius 3 is 1.56 bits per heavy atom. The number of aliphatic hydroxyl groups excluding tert-OH is 1. The second-order valence-corrected chi connectivity index (χ2v) is 12.0. The van der Waals surface area contributed by atoms with Gasteiger partial charge < -0.3 is 24.1 Å². The van der Waals surface area contributed by atoms with Crippen molar-refractivity contribution in [3.05, 3.63) is 24.3 Å². The first kappa shape index (κ1) is 45.7. The maximum atomic E-state index is 12.3. The highest BCUT2D eigenvalue weighted by Gasteiger charge is 2.14. The zero-order valence-electron chi connectivity index (χ0n) is 30.6. The number of rotatable bonds is 34. The Balaban J connectivity index is 4.03. The standard InChI is InChI=1S/C38H68O10/c1-5-9-11-13-15-19-29-45-38(46-30-20-16-14-12-10-6-2)28-27-36(41)44-32-22-24-33(39)23-21-31-43-35(40)25-17-18-26-37(42)48-47-34(7-3)8-4/h9-12,33-34,38-39H,5-8,13-32H2,1-4H3/b11-9-,12-10-. The van der Waals surface area contributed by atoms with E-state index >= 15 is 0 Å². The van der Waals surface area contributed by atoms with Gasteiger partial charge in [-0.2, -0.15) is 4.89 Å². The molecule has 48 heavy (non-hydrogen) atoms. The number of hydrogen-bond acceptors (Lipinski definition) is 10. The number of esters is 2. The SMILES string of the molecule is CC/C=C\CCCCOC(CCC(=O)OCCCC(O)CCCOC(=O)CCCCC(=O)OOC(CC)CC)OCCCC/C=C\CC. The monoisotopic (exact) mass is 684 g/mol. The third-order valence-electron chi connectivity index (χ3n) is 7.62. The third-order valence-corrected chi connectivity index (χ3v) is 7.62. The number of ether oxygens (including phenoxy) is 4. The Hall–Kier alpha value is -2.27. The molecule has 0 spiro atoms. The summed E-state index contributed by atoms with van der Waals surface area (Å²) in [7, 11) is 0. The molecule has 10 nitrogen and oxygen atoms in total. The van der Waals surface area contributed by atoms with Gasteiger partial charge in [0.1, 0.15) is 6.10 Å². The van der Waals surface area contributed by atoms with Crippen LogP contribution in [0.3, 0.4) is 0 Å². The van der Waals surface area contributed by atoms with Crippen molar-refractivity contribution in [3.8, 4) is 0 Å². The maximum absolute atomic E-state index is 12.3. The average Bonchev–Trinajstić information content (AvgIpc) is 3.08. The second-order valence-electron chi connectivity index (χ2n) is 12.0. The predicted molar refractivity (Wildman–Crippen MR) is 188 cm³/mol. The lowest BCUT2D eigenvalue weighted by Crippen LogP contribution is -2.21. The van der Waals surface area contributed by atoms with Crippen molar-refractivity contribution in [2.24, 2.45) is 0 Å². The van der Waals surface area contributed by atoms with Crippen LogP contribution in [0.2, 0.25) is 0 Å². The van der Waals surface area contributed by atoms with Gasteiger partial charge >= 0.3 is 17.9 Å². The molecule has 0 fully saturated rings. The molecule has 10 heteroatoms. The number of aliphatic hydroxyl groups is 1. The molecule has 1 atom stereocenters. The van der Waals surface area contributed by atoms with E-state index in [-0.39, 0.29) is 50.5 Å². The van der Waals surface area contributed by atoms with E-state index in [0.29, 0.717) is 58.2 Å². The van der Waals surface area contributed by atoms with Crippen LogP contribution in [0, 0.1) is 0 Å². The molecule has 0 aromatic rings. The van der Waals surface area contributed by atoms with Crippen molar-refractivity contribution in [2.75, 3.05) is 26.4 Å². The normalized spacial score (nSPS) is 12.4. The number of allylic oxidation sites excluding steroid dienone is 4. The summed E-state index contributed by atoms with van der Waals surface area (Å²) < 4.78 is 22.5. The summed E-state index contributed by atoms with van der Waals surface area (Å²) in [5, 5.41) is 10.2. The van der Waals surface area contributed by atoms with Gasteiger partial charge in [0.2, 0.25) is 0 Å². The van der Waals surface area contributed by atoms with E-state index in [1.165, 1.54) is 0 Å². The summed E-state index contributed by atoms with van der Waals surface area (Å²) >= 11 is 0. The molecule has 0 aliphatic carbocycles. The fourth-order valence-electron chi connectivity index (χ4n) is 4.60. The van der Waals surface area contributed by atoms with E-state index < -0.39 is 18.4 Å². The molecule has 0 saturated heterocycles. The molecule has 1 N–H and O–H groups in total. The van der Waals surface area contributed by atoms with Crippen molar-refractivity contribution in [1.82, 2.24) is 0 Å². The minimum absolute atomic E-state index is 0.0919. The Bertz CT molecular complexity index is 800. The first-order chi connectivity index (χ1) is 23.4. The number of hydrogen-bond donors (Lipinski definition) is 1. The Morgan fingerprint density at radius 1 is 0.562 bits per heavy atom. The highest BCUT2D eigenvalue weighted by molar-refractivity contribution is 5.70. The number of carbonyl (C=O) groups is 3. The molecule has 0 radical (unpaired) electrons. The zero-order valence-corrected chi connectivity index (χ0v) is 30.6. The summed E-state index contributed by atoms with van der Waals surface area (Å²) in [6.45, 7) is 9.85. The fourth-order valence-corrected chi connectivity index (χ4v) is 4.60. The van der Waals surface area contributed by atoms with Gasteiger partial charge in [0.25, 0.3) is 0 Å². The van der Waals surface area contributed by atoms with Crippen LogP contribution in [-0.2, 0) is 43.1 Å². The lowest BCUT2D eigenvalue weighted by atomic mass is 10.1. The maximum Gasteiger partial charge on any atom is 0.342 e. The first-order valence-electron chi connectivity index (χ1n) is 18.7. The van der Waals surface area contributed by atoms with E-state index in [1.807, 2.05) is 13.8 Å². The molecule has 280 valence electrons. The van der Waals surface area contributed by atoms with Gasteiger partial charge in [-0.05, 0) is 103 Å². The second kappa shape index (κ2) is 34.6. The number of carbonyl (C=O) groups excluding carboxylic acids is 3. The van der Waals surface area contributed by atoms with E-state index in [9.17, 15) is 19.5 Å². The molecule has 0 aliphatic heterocycles. The fraction of sp³-hybridized carbons (Fsp3) is 0.816. The van der Waals surface area contributed by atoms with Crippen molar-refractivity contribution < 1.29 is 48.2 Å². The van der Waals surface area contributed by atoms with Gasteiger partial charge in [-0.3, -0.25) is 14.5 Å². The van der Waals surface area contributed by atoms with Crippen LogP contribution in [0.5, 0.6) is 0 Å². The number of unbranched alkanes of at least 4 members (excludes halogenated alkanes) is 5. The minimum atomic E-state index is -0.559. The Labute approximate surface area is 291 Å². The van der Waals surface area contributed by atoms with Crippen LogP contribution in [0.4, 0.5) is 0 Å². The van der Waals surface area contributed by atoms with Crippen molar-refractivity contribution >= 4 is 17.9 Å². The average molecular weight is 685 g/mol.